The largest absolute Gasteiger partial charge is 0.361 e. The number of anilines is 2. The van der Waals surface area contributed by atoms with E-state index in [1.165, 1.54) is 37.4 Å². The Hall–Kier alpha value is -2.93. The molecule has 2 N–H and O–H groups in total. The van der Waals surface area contributed by atoms with Crippen LogP contribution in [0.4, 0.5) is 17.2 Å². The van der Waals surface area contributed by atoms with Gasteiger partial charge in [-0.05, 0) is 68.6 Å². The van der Waals surface area contributed by atoms with E-state index in [9.17, 15) is 10.1 Å². The van der Waals surface area contributed by atoms with E-state index >= 15 is 0 Å². The van der Waals surface area contributed by atoms with Crippen LogP contribution in [0.5, 0.6) is 0 Å². The highest BCUT2D eigenvalue weighted by Crippen LogP contribution is 2.30. The van der Waals surface area contributed by atoms with Crippen LogP contribution in [0.25, 0.3) is 10.9 Å². The molecule has 0 radical (unpaired) electrons. The first-order chi connectivity index (χ1) is 13.7. The molecule has 1 aromatic carbocycles. The summed E-state index contributed by atoms with van der Waals surface area (Å²) in [7, 11) is 0. The smallest absolute Gasteiger partial charge is 0.311 e. The van der Waals surface area contributed by atoms with Crippen molar-refractivity contribution >= 4 is 28.1 Å². The lowest BCUT2D eigenvalue weighted by molar-refractivity contribution is -0.384. The van der Waals surface area contributed by atoms with E-state index < -0.39 is 4.92 Å². The van der Waals surface area contributed by atoms with Gasteiger partial charge >= 0.3 is 5.69 Å². The number of aromatic nitrogens is 2. The van der Waals surface area contributed by atoms with Crippen molar-refractivity contribution < 1.29 is 4.92 Å². The Morgan fingerprint density at radius 2 is 2.29 bits per heavy atom. The second-order valence-corrected chi connectivity index (χ2v) is 7.36. The molecule has 1 aliphatic heterocycles. The van der Waals surface area contributed by atoms with Gasteiger partial charge in [-0.2, -0.15) is 0 Å². The number of nitro groups is 1. The maximum atomic E-state index is 11.2. The Bertz CT molecular complexity index is 984. The van der Waals surface area contributed by atoms with Gasteiger partial charge in [-0.1, -0.05) is 6.92 Å². The number of nitrogens with one attached hydrogen (secondary N) is 2. The van der Waals surface area contributed by atoms with Gasteiger partial charge in [0.1, 0.15) is 0 Å². The number of pyridine rings is 1. The summed E-state index contributed by atoms with van der Waals surface area (Å²) < 4.78 is 0. The maximum Gasteiger partial charge on any atom is 0.311 e. The van der Waals surface area contributed by atoms with Gasteiger partial charge in [0.15, 0.2) is 0 Å². The molecule has 0 amide bonds. The molecule has 0 spiro atoms. The van der Waals surface area contributed by atoms with Gasteiger partial charge in [0.2, 0.25) is 5.82 Å². The molecule has 0 aliphatic carbocycles. The van der Waals surface area contributed by atoms with Gasteiger partial charge in [0, 0.05) is 41.1 Å². The molecule has 1 atom stereocenters. The van der Waals surface area contributed by atoms with Gasteiger partial charge in [0.25, 0.3) is 0 Å². The number of likely N-dealkylation sites (tertiary alicyclic amines) is 1. The lowest BCUT2D eigenvalue weighted by Crippen LogP contribution is -2.31. The number of H-pyrrole nitrogens is 1. The first kappa shape index (κ1) is 18.4. The molecule has 1 aliphatic rings. The lowest BCUT2D eigenvalue weighted by Gasteiger charge is -2.23. The average molecular weight is 379 g/mol. The molecule has 2 aromatic heterocycles. The highest BCUT2D eigenvalue weighted by molar-refractivity contribution is 5.87. The zero-order valence-electron chi connectivity index (χ0n) is 16.0. The quantitative estimate of drug-likeness (QED) is 0.461. The van der Waals surface area contributed by atoms with Crippen LogP contribution >= 0.6 is 0 Å². The van der Waals surface area contributed by atoms with Crippen molar-refractivity contribution in [2.24, 2.45) is 0 Å². The zero-order chi connectivity index (χ0) is 19.5. The van der Waals surface area contributed by atoms with E-state index in [-0.39, 0.29) is 11.5 Å². The average Bonchev–Trinajstić information content (AvgIpc) is 3.30. The molecule has 0 bridgehead atoms. The van der Waals surface area contributed by atoms with Crippen LogP contribution in [-0.2, 0) is 6.42 Å². The van der Waals surface area contributed by atoms with Crippen molar-refractivity contribution in [1.29, 1.82) is 0 Å². The summed E-state index contributed by atoms with van der Waals surface area (Å²) in [5.74, 6) is 0.258. The van der Waals surface area contributed by atoms with Crippen molar-refractivity contribution in [3.05, 3.63) is 58.4 Å². The fourth-order valence-corrected chi connectivity index (χ4v) is 4.16. The predicted molar refractivity (Wildman–Crippen MR) is 111 cm³/mol. The number of hydrogen-bond acceptors (Lipinski definition) is 5. The topological polar surface area (TPSA) is 87.1 Å². The predicted octanol–water partition coefficient (Wildman–Crippen LogP) is 4.63. The van der Waals surface area contributed by atoms with Gasteiger partial charge in [-0.3, -0.25) is 10.1 Å². The summed E-state index contributed by atoms with van der Waals surface area (Å²) in [5.41, 5.74) is 3.14. The first-order valence-corrected chi connectivity index (χ1v) is 9.86. The highest BCUT2D eigenvalue weighted by Gasteiger charge is 2.24. The van der Waals surface area contributed by atoms with Crippen molar-refractivity contribution in [1.82, 2.24) is 14.9 Å². The Morgan fingerprint density at radius 1 is 1.39 bits per heavy atom. The van der Waals surface area contributed by atoms with Crippen molar-refractivity contribution in [3.8, 4) is 0 Å². The molecule has 1 saturated heterocycles. The second kappa shape index (κ2) is 7.98. The van der Waals surface area contributed by atoms with Gasteiger partial charge < -0.3 is 15.2 Å². The fourth-order valence-electron chi connectivity index (χ4n) is 4.16. The standard InChI is InChI=1S/C21H25N5O2/c1-2-10-25-11-4-5-17(25)12-15-14-23-19-8-7-16(13-18(15)19)24-21-20(26(27)28)6-3-9-22-21/h3,6-9,13-14,17,23H,2,4-5,10-12H2,1H3,(H,22,24). The van der Waals surface area contributed by atoms with Gasteiger partial charge in [-0.15, -0.1) is 0 Å². The fraction of sp³-hybridized carbons (Fsp3) is 0.381. The molecule has 1 unspecified atom stereocenters. The van der Waals surface area contributed by atoms with Crippen LogP contribution in [0, 0.1) is 10.1 Å². The molecule has 3 heterocycles. The number of nitrogens with zero attached hydrogens (tertiary/aromatic N) is 3. The van der Waals surface area contributed by atoms with Crippen LogP contribution in [0.3, 0.4) is 0 Å². The van der Waals surface area contributed by atoms with Crippen molar-refractivity contribution in [2.75, 3.05) is 18.4 Å². The third-order valence-electron chi connectivity index (χ3n) is 5.48. The second-order valence-electron chi connectivity index (χ2n) is 7.36. The molecule has 146 valence electrons. The van der Waals surface area contributed by atoms with E-state index in [4.69, 9.17) is 0 Å². The third-order valence-corrected chi connectivity index (χ3v) is 5.48. The van der Waals surface area contributed by atoms with Gasteiger partial charge in [-0.25, -0.2) is 4.98 Å². The minimum atomic E-state index is -0.419. The minimum absolute atomic E-state index is 0.0296. The summed E-state index contributed by atoms with van der Waals surface area (Å²) in [5, 5.41) is 15.5. The molecule has 28 heavy (non-hydrogen) atoms. The van der Waals surface area contributed by atoms with Crippen LogP contribution < -0.4 is 5.32 Å². The van der Waals surface area contributed by atoms with Crippen LogP contribution in [0.1, 0.15) is 31.7 Å². The molecule has 7 nitrogen and oxygen atoms in total. The SMILES string of the molecule is CCCN1CCCC1Cc1c[nH]c2ccc(Nc3ncccc3[N+](=O)[O-])cc12. The number of hydrogen-bond donors (Lipinski definition) is 2. The van der Waals surface area contributed by atoms with E-state index in [0.717, 1.165) is 29.6 Å². The Labute approximate surface area is 163 Å². The molecule has 4 rings (SSSR count). The summed E-state index contributed by atoms with van der Waals surface area (Å²) in [6.45, 7) is 4.58. The molecule has 1 fully saturated rings. The van der Waals surface area contributed by atoms with Crippen LogP contribution in [-0.4, -0.2) is 38.9 Å². The molecule has 3 aromatic rings. The molecular weight excluding hydrogens is 354 g/mol. The number of rotatable bonds is 7. The maximum absolute atomic E-state index is 11.2. The minimum Gasteiger partial charge on any atom is -0.361 e. The van der Waals surface area contributed by atoms with Crippen LogP contribution in [0.15, 0.2) is 42.7 Å². The zero-order valence-corrected chi connectivity index (χ0v) is 16.0. The number of benzene rings is 1. The van der Waals surface area contributed by atoms with Crippen LogP contribution in [0.2, 0.25) is 0 Å². The van der Waals surface area contributed by atoms with Crippen molar-refractivity contribution in [3.63, 3.8) is 0 Å². The molecule has 7 heteroatoms. The number of aromatic amines is 1. The number of fused-ring (bicyclic) bond motifs is 1. The summed E-state index contributed by atoms with van der Waals surface area (Å²) in [6.07, 6.45) is 8.36. The Balaban J connectivity index is 1.59. The van der Waals surface area contributed by atoms with Gasteiger partial charge in [0.05, 0.1) is 4.92 Å². The lowest BCUT2D eigenvalue weighted by atomic mass is 10.0. The monoisotopic (exact) mass is 379 g/mol. The summed E-state index contributed by atoms with van der Waals surface area (Å²) in [4.78, 5) is 20.9. The summed E-state index contributed by atoms with van der Waals surface area (Å²) >= 11 is 0. The van der Waals surface area contributed by atoms with E-state index in [2.05, 4.69) is 39.4 Å². The van der Waals surface area contributed by atoms with E-state index in [1.807, 2.05) is 12.1 Å². The van der Waals surface area contributed by atoms with E-state index in [1.54, 1.807) is 12.3 Å². The molecular formula is C21H25N5O2. The van der Waals surface area contributed by atoms with E-state index in [0.29, 0.717) is 6.04 Å². The third kappa shape index (κ3) is 3.71. The first-order valence-electron chi connectivity index (χ1n) is 9.86. The molecule has 0 saturated carbocycles. The highest BCUT2D eigenvalue weighted by atomic mass is 16.6. The Kier molecular flexibility index (Phi) is 5.25. The summed E-state index contributed by atoms with van der Waals surface area (Å²) in [6, 6.07) is 9.60. The Morgan fingerprint density at radius 3 is 3.11 bits per heavy atom. The van der Waals surface area contributed by atoms with Crippen molar-refractivity contribution in [2.45, 2.75) is 38.6 Å². The normalized spacial score (nSPS) is 17.2.